The van der Waals surface area contributed by atoms with Crippen molar-refractivity contribution in [2.75, 3.05) is 5.32 Å². The number of hydrogen-bond donors (Lipinski definition) is 1. The Hall–Kier alpha value is -3.42. The van der Waals surface area contributed by atoms with Crippen molar-refractivity contribution in [1.82, 2.24) is 14.8 Å². The van der Waals surface area contributed by atoms with Crippen molar-refractivity contribution in [2.24, 2.45) is 0 Å². The number of hydrogen-bond acceptors (Lipinski definition) is 4. The zero-order chi connectivity index (χ0) is 21.8. The maximum Gasteiger partial charge on any atom is 0.453 e. The van der Waals surface area contributed by atoms with E-state index in [1.807, 2.05) is 61.5 Å². The number of nitrogens with zero attached hydrogens (tertiary/aromatic N) is 3. The molecule has 2 heterocycles. The molecule has 0 radical (unpaired) electrons. The molecule has 31 heavy (non-hydrogen) atoms. The molecule has 2 atom stereocenters. The topological polar surface area (TPSA) is 59.8 Å². The van der Waals surface area contributed by atoms with E-state index in [1.54, 1.807) is 0 Å². The Labute approximate surface area is 176 Å². The molecular formula is C23H19F3N4O. The molecule has 0 amide bonds. The third-order valence-corrected chi connectivity index (χ3v) is 5.84. The molecule has 0 saturated carbocycles. The highest BCUT2D eigenvalue weighted by Gasteiger charge is 2.43. The highest BCUT2D eigenvalue weighted by molar-refractivity contribution is 6.00. The van der Waals surface area contributed by atoms with Crippen LogP contribution >= 0.6 is 0 Å². The van der Waals surface area contributed by atoms with Crippen LogP contribution in [0.1, 0.15) is 47.3 Å². The molecule has 1 aliphatic heterocycles. The van der Waals surface area contributed by atoms with Gasteiger partial charge in [0.25, 0.3) is 5.82 Å². The third-order valence-electron chi connectivity index (χ3n) is 5.84. The summed E-state index contributed by atoms with van der Waals surface area (Å²) in [6, 6.07) is 16.3. The second kappa shape index (κ2) is 7.08. The number of allylic oxidation sites excluding steroid dienone is 2. The van der Waals surface area contributed by atoms with Crippen LogP contribution in [0.2, 0.25) is 0 Å². The number of aryl methyl sites for hydroxylation is 1. The Balaban J connectivity index is 1.63. The molecular weight excluding hydrogens is 405 g/mol. The minimum absolute atomic E-state index is 0.00170. The summed E-state index contributed by atoms with van der Waals surface area (Å²) in [7, 11) is 0. The molecule has 1 N–H and O–H groups in total. The molecule has 158 valence electrons. The van der Waals surface area contributed by atoms with E-state index in [1.165, 1.54) is 4.68 Å². The lowest BCUT2D eigenvalue weighted by Gasteiger charge is -2.35. The van der Waals surface area contributed by atoms with Gasteiger partial charge in [-0.2, -0.15) is 18.2 Å². The van der Waals surface area contributed by atoms with Gasteiger partial charge in [-0.15, -0.1) is 5.10 Å². The summed E-state index contributed by atoms with van der Waals surface area (Å²) in [5.41, 5.74) is 3.82. The zero-order valence-electron chi connectivity index (χ0n) is 16.6. The normalized spacial score (nSPS) is 20.8. The first-order valence-corrected chi connectivity index (χ1v) is 10.00. The standard InChI is InChI=1S/C23H19F3N4O/c1-13-7-9-15(10-8-13)20-19-17(27-22-28-21(23(24,25)26)29-30(20)22)11-16(12-18(19)31)14-5-3-2-4-6-14/h2-10,16,20H,11-12H2,1H3,(H,27,28,29)/t16-,20+/m1/s1. The van der Waals surface area contributed by atoms with Gasteiger partial charge in [-0.3, -0.25) is 4.79 Å². The average Bonchev–Trinajstić information content (AvgIpc) is 3.18. The fourth-order valence-electron chi connectivity index (χ4n) is 4.35. The molecule has 3 aromatic rings. The van der Waals surface area contributed by atoms with E-state index >= 15 is 0 Å². The van der Waals surface area contributed by atoms with Crippen LogP contribution in [0.5, 0.6) is 0 Å². The number of halogens is 3. The molecule has 0 spiro atoms. The first-order chi connectivity index (χ1) is 14.8. The zero-order valence-corrected chi connectivity index (χ0v) is 16.6. The molecule has 0 bridgehead atoms. The first-order valence-electron chi connectivity index (χ1n) is 10.00. The molecule has 0 fully saturated rings. The van der Waals surface area contributed by atoms with Gasteiger partial charge >= 0.3 is 6.18 Å². The van der Waals surface area contributed by atoms with Crippen LogP contribution in [0.4, 0.5) is 19.1 Å². The van der Waals surface area contributed by atoms with E-state index in [-0.39, 0.29) is 17.6 Å². The van der Waals surface area contributed by atoms with Crippen molar-refractivity contribution >= 4 is 11.7 Å². The smallest absolute Gasteiger partial charge is 0.328 e. The van der Waals surface area contributed by atoms with Gasteiger partial charge in [0.2, 0.25) is 5.95 Å². The van der Waals surface area contributed by atoms with Gasteiger partial charge in [0, 0.05) is 17.7 Å². The minimum atomic E-state index is -4.68. The Bertz CT molecular complexity index is 1180. The van der Waals surface area contributed by atoms with E-state index in [0.29, 0.717) is 29.7 Å². The van der Waals surface area contributed by atoms with E-state index < -0.39 is 18.0 Å². The highest BCUT2D eigenvalue weighted by Crippen LogP contribution is 2.44. The van der Waals surface area contributed by atoms with E-state index in [9.17, 15) is 18.0 Å². The minimum Gasteiger partial charge on any atom is -0.328 e. The number of Topliss-reactive ketones (excluding diaryl/α,β-unsaturated/α-hetero) is 1. The van der Waals surface area contributed by atoms with Crippen molar-refractivity contribution < 1.29 is 18.0 Å². The number of carbonyl (C=O) groups is 1. The van der Waals surface area contributed by atoms with Gasteiger partial charge in [0.05, 0.1) is 0 Å². The maximum absolute atomic E-state index is 13.3. The molecule has 5 nitrogen and oxygen atoms in total. The quantitative estimate of drug-likeness (QED) is 0.628. The molecule has 1 aliphatic carbocycles. The van der Waals surface area contributed by atoms with Crippen molar-refractivity contribution in [3.8, 4) is 0 Å². The van der Waals surface area contributed by atoms with Gasteiger partial charge < -0.3 is 5.32 Å². The number of benzene rings is 2. The fraction of sp³-hybridized carbons (Fsp3) is 0.261. The number of anilines is 1. The number of aromatic nitrogens is 3. The summed E-state index contributed by atoms with van der Waals surface area (Å²) >= 11 is 0. The Kier molecular flexibility index (Phi) is 4.46. The Morgan fingerprint density at radius 2 is 1.71 bits per heavy atom. The Morgan fingerprint density at radius 1 is 1.00 bits per heavy atom. The summed E-state index contributed by atoms with van der Waals surface area (Å²) in [5.74, 6) is -1.37. The van der Waals surface area contributed by atoms with Gasteiger partial charge in [0.15, 0.2) is 5.78 Å². The monoisotopic (exact) mass is 424 g/mol. The average molecular weight is 424 g/mol. The van der Waals surface area contributed by atoms with Crippen LogP contribution in [0.25, 0.3) is 0 Å². The van der Waals surface area contributed by atoms with Crippen molar-refractivity contribution in [3.05, 3.63) is 88.4 Å². The second-order valence-electron chi connectivity index (χ2n) is 7.97. The number of alkyl halides is 3. The summed E-state index contributed by atoms with van der Waals surface area (Å²) in [5, 5.41) is 6.72. The van der Waals surface area contributed by atoms with Gasteiger partial charge in [-0.25, -0.2) is 4.68 Å². The molecule has 5 rings (SSSR count). The fourth-order valence-corrected chi connectivity index (χ4v) is 4.35. The van der Waals surface area contributed by atoms with Crippen molar-refractivity contribution in [1.29, 1.82) is 0 Å². The van der Waals surface area contributed by atoms with Crippen molar-refractivity contribution in [2.45, 2.75) is 37.9 Å². The first kappa shape index (κ1) is 19.5. The van der Waals surface area contributed by atoms with Gasteiger partial charge in [0.1, 0.15) is 6.04 Å². The predicted octanol–water partition coefficient (Wildman–Crippen LogP) is 5.02. The van der Waals surface area contributed by atoms with Crippen LogP contribution in [-0.2, 0) is 11.0 Å². The highest BCUT2D eigenvalue weighted by atomic mass is 19.4. The maximum atomic E-state index is 13.3. The molecule has 2 aliphatic rings. The van der Waals surface area contributed by atoms with Crippen LogP contribution in [0.15, 0.2) is 65.9 Å². The summed E-state index contributed by atoms with van der Waals surface area (Å²) in [4.78, 5) is 17.0. The summed E-state index contributed by atoms with van der Waals surface area (Å²) in [6.45, 7) is 1.93. The largest absolute Gasteiger partial charge is 0.453 e. The van der Waals surface area contributed by atoms with Crippen LogP contribution in [-0.4, -0.2) is 20.5 Å². The number of carbonyl (C=O) groups excluding carboxylic acids is 1. The lowest BCUT2D eigenvalue weighted by molar-refractivity contribution is -0.145. The molecule has 0 saturated heterocycles. The van der Waals surface area contributed by atoms with Crippen LogP contribution < -0.4 is 5.32 Å². The summed E-state index contributed by atoms with van der Waals surface area (Å²) < 4.78 is 41.2. The second-order valence-corrected chi connectivity index (χ2v) is 7.97. The third kappa shape index (κ3) is 3.41. The summed E-state index contributed by atoms with van der Waals surface area (Å²) in [6.07, 6.45) is -3.87. The number of ketones is 1. The van der Waals surface area contributed by atoms with Crippen LogP contribution in [0, 0.1) is 6.92 Å². The molecule has 1 aromatic heterocycles. The lowest BCUT2D eigenvalue weighted by Crippen LogP contribution is -2.33. The Morgan fingerprint density at radius 3 is 2.39 bits per heavy atom. The molecule has 0 unspecified atom stereocenters. The van der Waals surface area contributed by atoms with Crippen LogP contribution in [0.3, 0.4) is 0 Å². The molecule has 2 aromatic carbocycles. The van der Waals surface area contributed by atoms with E-state index in [2.05, 4.69) is 15.4 Å². The SMILES string of the molecule is Cc1ccc([C@H]2C3=C(C[C@@H](c4ccccc4)CC3=O)Nc3nc(C(F)(F)F)nn32)cc1. The van der Waals surface area contributed by atoms with E-state index in [0.717, 1.165) is 11.1 Å². The lowest BCUT2D eigenvalue weighted by atomic mass is 9.78. The van der Waals surface area contributed by atoms with Gasteiger partial charge in [-0.05, 0) is 30.4 Å². The van der Waals surface area contributed by atoms with Gasteiger partial charge in [-0.1, -0.05) is 60.2 Å². The number of nitrogens with one attached hydrogen (secondary N) is 1. The number of fused-ring (bicyclic) bond motifs is 1. The predicted molar refractivity (Wildman–Crippen MR) is 108 cm³/mol. The number of rotatable bonds is 2. The van der Waals surface area contributed by atoms with E-state index in [4.69, 9.17) is 0 Å². The van der Waals surface area contributed by atoms with Crippen molar-refractivity contribution in [3.63, 3.8) is 0 Å². The molecule has 8 heteroatoms.